The van der Waals surface area contributed by atoms with Crippen LogP contribution in [0.25, 0.3) is 0 Å². The van der Waals surface area contributed by atoms with E-state index in [1.807, 2.05) is 0 Å². The number of rotatable bonds is 39. The standard InChI is InChI=1S/C48H89NO7/c1-3-5-7-9-15-22-33-55-47(56-34-23-16-10-8-6-4-2)26-25-46(52)53-32-21-17-14-20-29-49(30-31-50)28-19-13-11-12-18-24-45(51)54-35-27-48-39-42-36-43(40-48)38-44(37-42)41-48/h42-44,47,50H,3-41H2,1-2H3. The van der Waals surface area contributed by atoms with Crippen molar-refractivity contribution in [1.29, 1.82) is 0 Å². The summed E-state index contributed by atoms with van der Waals surface area (Å²) in [5, 5.41) is 9.59. The molecule has 0 aliphatic heterocycles. The fourth-order valence-electron chi connectivity index (χ4n) is 10.4. The van der Waals surface area contributed by atoms with Crippen LogP contribution in [0.15, 0.2) is 0 Å². The van der Waals surface area contributed by atoms with Gasteiger partial charge in [0.2, 0.25) is 0 Å². The quantitative estimate of drug-likeness (QED) is 0.0374. The van der Waals surface area contributed by atoms with E-state index in [1.165, 1.54) is 103 Å². The van der Waals surface area contributed by atoms with Crippen LogP contribution < -0.4 is 0 Å². The Labute approximate surface area is 344 Å². The number of hydrogen-bond acceptors (Lipinski definition) is 8. The predicted molar refractivity (Wildman–Crippen MR) is 229 cm³/mol. The number of aliphatic hydroxyl groups excluding tert-OH is 1. The molecule has 0 aromatic carbocycles. The smallest absolute Gasteiger partial charge is 0.305 e. The summed E-state index contributed by atoms with van der Waals surface area (Å²) >= 11 is 0. The SMILES string of the molecule is CCCCCCCCOC(CCC(=O)OCCCCCCN(CCO)CCCCCCCC(=O)OCCC12CC3CC(CC(C3)C1)C2)OCCCCCCCC. The Morgan fingerprint density at radius 1 is 0.554 bits per heavy atom. The van der Waals surface area contributed by atoms with Gasteiger partial charge >= 0.3 is 11.9 Å². The second kappa shape index (κ2) is 31.7. The molecular weight excluding hydrogens is 703 g/mol. The summed E-state index contributed by atoms with van der Waals surface area (Å²) in [5.41, 5.74) is 0.492. The molecule has 8 nitrogen and oxygen atoms in total. The molecule has 0 aromatic rings. The van der Waals surface area contributed by atoms with Crippen molar-refractivity contribution >= 4 is 11.9 Å². The minimum absolute atomic E-state index is 0.000884. The number of carbonyl (C=O) groups is 2. The first-order valence-electron chi connectivity index (χ1n) is 24.3. The number of carbonyl (C=O) groups excluding carboxylic acids is 2. The van der Waals surface area contributed by atoms with Crippen LogP contribution >= 0.6 is 0 Å². The number of hydrogen-bond donors (Lipinski definition) is 1. The molecule has 328 valence electrons. The van der Waals surface area contributed by atoms with E-state index < -0.39 is 0 Å². The molecule has 4 aliphatic carbocycles. The summed E-state index contributed by atoms with van der Waals surface area (Å²) in [4.78, 5) is 27.3. The van der Waals surface area contributed by atoms with Crippen molar-refractivity contribution in [3.05, 3.63) is 0 Å². The van der Waals surface area contributed by atoms with Crippen LogP contribution in [0, 0.1) is 23.2 Å². The number of ether oxygens (including phenoxy) is 4. The Morgan fingerprint density at radius 2 is 1.00 bits per heavy atom. The van der Waals surface area contributed by atoms with Gasteiger partial charge in [-0.1, -0.05) is 110 Å². The summed E-state index contributed by atoms with van der Waals surface area (Å²) in [6.07, 6.45) is 35.0. The minimum atomic E-state index is -0.323. The Balaban J connectivity index is 1.13. The van der Waals surface area contributed by atoms with E-state index >= 15 is 0 Å². The molecule has 0 aromatic heterocycles. The lowest BCUT2D eigenvalue weighted by Crippen LogP contribution is -2.46. The third-order valence-electron chi connectivity index (χ3n) is 13.2. The average Bonchev–Trinajstić information content (AvgIpc) is 3.17. The molecule has 0 unspecified atom stereocenters. The molecule has 8 heteroatoms. The van der Waals surface area contributed by atoms with Gasteiger partial charge in [0.1, 0.15) is 0 Å². The third kappa shape index (κ3) is 22.8. The Morgan fingerprint density at radius 3 is 1.54 bits per heavy atom. The van der Waals surface area contributed by atoms with Gasteiger partial charge in [0.05, 0.1) is 26.2 Å². The first-order chi connectivity index (χ1) is 27.4. The minimum Gasteiger partial charge on any atom is -0.466 e. The van der Waals surface area contributed by atoms with Gasteiger partial charge in [-0.3, -0.25) is 9.59 Å². The highest BCUT2D eigenvalue weighted by molar-refractivity contribution is 5.69. The molecule has 4 bridgehead atoms. The molecule has 4 saturated carbocycles. The predicted octanol–water partition coefficient (Wildman–Crippen LogP) is 11.7. The van der Waals surface area contributed by atoms with Crippen molar-refractivity contribution in [2.45, 2.75) is 219 Å². The first-order valence-corrected chi connectivity index (χ1v) is 24.3. The van der Waals surface area contributed by atoms with E-state index in [4.69, 9.17) is 18.9 Å². The van der Waals surface area contributed by atoms with Crippen molar-refractivity contribution < 1.29 is 33.6 Å². The second-order valence-electron chi connectivity index (χ2n) is 18.4. The largest absolute Gasteiger partial charge is 0.466 e. The van der Waals surface area contributed by atoms with Crippen LogP contribution in [0.3, 0.4) is 0 Å². The maximum absolute atomic E-state index is 12.5. The van der Waals surface area contributed by atoms with Crippen LogP contribution in [0.1, 0.15) is 213 Å². The van der Waals surface area contributed by atoms with Crippen molar-refractivity contribution in [1.82, 2.24) is 4.90 Å². The number of nitrogens with zero attached hydrogens (tertiary/aromatic N) is 1. The van der Waals surface area contributed by atoms with E-state index in [0.29, 0.717) is 51.1 Å². The molecule has 0 spiro atoms. The average molecular weight is 792 g/mol. The van der Waals surface area contributed by atoms with Gasteiger partial charge in [-0.05, 0) is 120 Å². The molecule has 4 aliphatic rings. The maximum atomic E-state index is 12.5. The van der Waals surface area contributed by atoms with Crippen LogP contribution in [0.5, 0.6) is 0 Å². The zero-order valence-corrected chi connectivity index (χ0v) is 36.7. The molecule has 4 fully saturated rings. The normalized spacial score (nSPS) is 21.4. The van der Waals surface area contributed by atoms with Gasteiger partial charge in [0.15, 0.2) is 6.29 Å². The lowest BCUT2D eigenvalue weighted by molar-refractivity contribution is -0.159. The zero-order valence-electron chi connectivity index (χ0n) is 36.7. The third-order valence-corrected chi connectivity index (χ3v) is 13.2. The van der Waals surface area contributed by atoms with E-state index in [2.05, 4.69) is 18.7 Å². The molecule has 1 N–H and O–H groups in total. The van der Waals surface area contributed by atoms with Crippen LogP contribution in [0.4, 0.5) is 0 Å². The Hall–Kier alpha value is -1.22. The highest BCUT2D eigenvalue weighted by Gasteiger charge is 2.50. The number of aliphatic hydroxyl groups is 1. The highest BCUT2D eigenvalue weighted by atomic mass is 16.7. The van der Waals surface area contributed by atoms with Gasteiger partial charge in [-0.2, -0.15) is 0 Å². The van der Waals surface area contributed by atoms with Gasteiger partial charge < -0.3 is 29.0 Å². The summed E-state index contributed by atoms with van der Waals surface area (Å²) in [5.74, 6) is 2.71. The molecule has 0 heterocycles. The van der Waals surface area contributed by atoms with Crippen LogP contribution in [0.2, 0.25) is 0 Å². The first kappa shape index (κ1) is 49.1. The molecule has 0 amide bonds. The maximum Gasteiger partial charge on any atom is 0.305 e. The van der Waals surface area contributed by atoms with Crippen molar-refractivity contribution in [2.24, 2.45) is 23.2 Å². The molecule has 0 radical (unpaired) electrons. The summed E-state index contributed by atoms with van der Waals surface area (Å²) < 4.78 is 23.4. The van der Waals surface area contributed by atoms with Gasteiger partial charge in [-0.25, -0.2) is 0 Å². The van der Waals surface area contributed by atoms with Crippen LogP contribution in [-0.4, -0.2) is 80.9 Å². The van der Waals surface area contributed by atoms with Crippen LogP contribution in [-0.2, 0) is 28.5 Å². The van der Waals surface area contributed by atoms with Crippen molar-refractivity contribution in [2.75, 3.05) is 52.7 Å². The fraction of sp³-hybridized carbons (Fsp3) is 0.958. The van der Waals surface area contributed by atoms with E-state index in [9.17, 15) is 14.7 Å². The summed E-state index contributed by atoms with van der Waals surface area (Å²) in [6.45, 7) is 9.89. The van der Waals surface area contributed by atoms with Gasteiger partial charge in [0, 0.05) is 32.6 Å². The van der Waals surface area contributed by atoms with Gasteiger partial charge in [-0.15, -0.1) is 0 Å². The molecular formula is C48H89NO7. The Bertz CT molecular complexity index is 922. The topological polar surface area (TPSA) is 94.5 Å². The number of esters is 2. The second-order valence-corrected chi connectivity index (χ2v) is 18.4. The number of unbranched alkanes of at least 4 members (excludes halogenated alkanes) is 17. The fourth-order valence-corrected chi connectivity index (χ4v) is 10.4. The molecule has 0 atom stereocenters. The van der Waals surface area contributed by atoms with Crippen molar-refractivity contribution in [3.8, 4) is 0 Å². The van der Waals surface area contributed by atoms with Crippen molar-refractivity contribution in [3.63, 3.8) is 0 Å². The lowest BCUT2D eigenvalue weighted by atomic mass is 9.49. The molecule has 4 rings (SSSR count). The lowest BCUT2D eigenvalue weighted by Gasteiger charge is -2.57. The monoisotopic (exact) mass is 792 g/mol. The van der Waals surface area contributed by atoms with E-state index in [-0.39, 0.29) is 24.8 Å². The highest BCUT2D eigenvalue weighted by Crippen LogP contribution is 2.61. The van der Waals surface area contributed by atoms with E-state index in [1.54, 1.807) is 0 Å². The molecule has 56 heavy (non-hydrogen) atoms. The molecule has 0 saturated heterocycles. The zero-order chi connectivity index (χ0) is 39.9. The van der Waals surface area contributed by atoms with Gasteiger partial charge in [0.25, 0.3) is 0 Å². The summed E-state index contributed by atoms with van der Waals surface area (Å²) in [6, 6.07) is 0. The van der Waals surface area contributed by atoms with E-state index in [0.717, 1.165) is 114 Å². The Kier molecular flexibility index (Phi) is 27.8. The summed E-state index contributed by atoms with van der Waals surface area (Å²) in [7, 11) is 0.